The first-order chi connectivity index (χ1) is 17.2. The number of likely N-dealkylation sites (N-methyl/N-ethyl adjacent to an activating group) is 1. The number of carbonyl (C=O) groups is 3. The maximum absolute atomic E-state index is 13.7. The van der Waals surface area contributed by atoms with Crippen molar-refractivity contribution in [1.29, 1.82) is 0 Å². The highest BCUT2D eigenvalue weighted by atomic mass is 19.1. The molecule has 4 rings (SSSR count). The Kier molecular flexibility index (Phi) is 7.68. The second-order valence-corrected chi connectivity index (χ2v) is 9.87. The van der Waals surface area contributed by atoms with Gasteiger partial charge in [0.2, 0.25) is 0 Å². The Labute approximate surface area is 210 Å². The van der Waals surface area contributed by atoms with E-state index in [1.807, 2.05) is 49.3 Å². The Bertz CT molecular complexity index is 1100. The second kappa shape index (κ2) is 10.7. The molecule has 0 saturated carbocycles. The Morgan fingerprint density at radius 2 is 1.69 bits per heavy atom. The molecular formula is C27H32F2N4O3. The van der Waals surface area contributed by atoms with Crippen molar-refractivity contribution in [2.75, 3.05) is 40.3 Å². The number of imide groups is 1. The van der Waals surface area contributed by atoms with E-state index in [2.05, 4.69) is 5.32 Å². The van der Waals surface area contributed by atoms with E-state index in [4.69, 9.17) is 0 Å². The third-order valence-electron chi connectivity index (χ3n) is 7.21. The molecule has 2 aromatic carbocycles. The topological polar surface area (TPSA) is 73.0 Å². The molecule has 0 radical (unpaired) electrons. The molecule has 192 valence electrons. The van der Waals surface area contributed by atoms with E-state index in [1.165, 1.54) is 4.90 Å². The summed E-state index contributed by atoms with van der Waals surface area (Å²) < 4.78 is 27.3. The molecule has 0 aromatic heterocycles. The molecule has 2 aromatic rings. The third-order valence-corrected chi connectivity index (χ3v) is 7.21. The van der Waals surface area contributed by atoms with Gasteiger partial charge in [-0.2, -0.15) is 0 Å². The van der Waals surface area contributed by atoms with Crippen LogP contribution in [0, 0.1) is 17.6 Å². The maximum Gasteiger partial charge on any atom is 0.325 e. The fraction of sp³-hybridized carbons (Fsp3) is 0.444. The first-order valence-corrected chi connectivity index (χ1v) is 12.3. The summed E-state index contributed by atoms with van der Waals surface area (Å²) in [7, 11) is 3.77. The number of amides is 4. The second-order valence-electron chi connectivity index (χ2n) is 9.87. The van der Waals surface area contributed by atoms with Crippen LogP contribution in [0.2, 0.25) is 0 Å². The van der Waals surface area contributed by atoms with Crippen molar-refractivity contribution in [3.63, 3.8) is 0 Å². The van der Waals surface area contributed by atoms with Gasteiger partial charge in [-0.05, 0) is 63.4 Å². The van der Waals surface area contributed by atoms with Gasteiger partial charge in [0.05, 0.1) is 0 Å². The van der Waals surface area contributed by atoms with Crippen LogP contribution in [0.3, 0.4) is 0 Å². The molecule has 2 aliphatic rings. The number of nitrogens with one attached hydrogen (secondary N) is 1. The highest BCUT2D eigenvalue weighted by molar-refractivity contribution is 6.07. The van der Waals surface area contributed by atoms with Crippen molar-refractivity contribution in [3.05, 3.63) is 71.3 Å². The molecule has 1 N–H and O–H groups in total. The van der Waals surface area contributed by atoms with Crippen LogP contribution in [0.5, 0.6) is 0 Å². The van der Waals surface area contributed by atoms with Gasteiger partial charge in [-0.3, -0.25) is 14.5 Å². The first kappa shape index (κ1) is 25.8. The van der Waals surface area contributed by atoms with Crippen LogP contribution in [0.1, 0.15) is 35.2 Å². The Balaban J connectivity index is 1.52. The number of hydrogen-bond acceptors (Lipinski definition) is 4. The van der Waals surface area contributed by atoms with E-state index >= 15 is 0 Å². The maximum atomic E-state index is 13.7. The average Bonchev–Trinajstić information content (AvgIpc) is 3.10. The van der Waals surface area contributed by atoms with Crippen molar-refractivity contribution in [3.8, 4) is 0 Å². The number of benzene rings is 2. The summed E-state index contributed by atoms with van der Waals surface area (Å²) in [6, 6.07) is 12.2. The lowest BCUT2D eigenvalue weighted by molar-refractivity contribution is -0.134. The Morgan fingerprint density at radius 1 is 1.06 bits per heavy atom. The smallest absolute Gasteiger partial charge is 0.325 e. The zero-order valence-electron chi connectivity index (χ0n) is 20.7. The van der Waals surface area contributed by atoms with Crippen LogP contribution < -0.4 is 5.32 Å². The van der Waals surface area contributed by atoms with Crippen molar-refractivity contribution >= 4 is 17.8 Å². The molecular weight excluding hydrogens is 466 g/mol. The number of nitrogens with zero attached hydrogens (tertiary/aromatic N) is 3. The summed E-state index contributed by atoms with van der Waals surface area (Å²) in [4.78, 5) is 44.3. The molecule has 36 heavy (non-hydrogen) atoms. The summed E-state index contributed by atoms with van der Waals surface area (Å²) in [6.07, 6.45) is 2.06. The quantitative estimate of drug-likeness (QED) is 0.567. The molecule has 2 aliphatic heterocycles. The molecule has 2 saturated heterocycles. The minimum atomic E-state index is -1.06. The minimum Gasteiger partial charge on any atom is -0.339 e. The van der Waals surface area contributed by atoms with E-state index in [1.54, 1.807) is 4.90 Å². The number of hydrogen-bond donors (Lipinski definition) is 1. The van der Waals surface area contributed by atoms with Crippen LogP contribution in [0.15, 0.2) is 48.5 Å². The lowest BCUT2D eigenvalue weighted by Gasteiger charge is -2.41. The number of piperidine rings is 1. The zero-order chi connectivity index (χ0) is 25.9. The normalized spacial score (nSPS) is 20.8. The van der Waals surface area contributed by atoms with Gasteiger partial charge < -0.3 is 15.1 Å². The molecule has 0 aliphatic carbocycles. The number of aryl methyl sites for hydroxylation is 1. The number of rotatable bonds is 8. The summed E-state index contributed by atoms with van der Waals surface area (Å²) in [5.74, 6) is -2.44. The van der Waals surface area contributed by atoms with Crippen molar-refractivity contribution in [1.82, 2.24) is 20.0 Å². The molecule has 2 heterocycles. The molecule has 7 nitrogen and oxygen atoms in total. The number of urea groups is 1. The van der Waals surface area contributed by atoms with Crippen LogP contribution in [-0.2, 0) is 11.2 Å². The van der Waals surface area contributed by atoms with Crippen molar-refractivity contribution in [2.45, 2.75) is 31.2 Å². The molecule has 0 bridgehead atoms. The third kappa shape index (κ3) is 5.41. The molecule has 2 fully saturated rings. The molecule has 9 heteroatoms. The lowest BCUT2D eigenvalue weighted by atomic mass is 9.74. The van der Waals surface area contributed by atoms with Crippen LogP contribution in [-0.4, -0.2) is 78.4 Å². The van der Waals surface area contributed by atoms with E-state index in [-0.39, 0.29) is 23.4 Å². The number of likely N-dealkylation sites (tertiary alicyclic amines) is 1. The van der Waals surface area contributed by atoms with Gasteiger partial charge in [0.15, 0.2) is 0 Å². The predicted octanol–water partition coefficient (Wildman–Crippen LogP) is 3.30. The van der Waals surface area contributed by atoms with Crippen molar-refractivity contribution < 1.29 is 23.2 Å². The highest BCUT2D eigenvalue weighted by Gasteiger charge is 2.55. The van der Waals surface area contributed by atoms with E-state index in [9.17, 15) is 23.2 Å². The number of halogens is 2. The van der Waals surface area contributed by atoms with Gasteiger partial charge in [0.25, 0.3) is 11.8 Å². The first-order valence-electron chi connectivity index (χ1n) is 12.3. The minimum absolute atomic E-state index is 0.0372. The molecule has 0 spiro atoms. The van der Waals surface area contributed by atoms with Gasteiger partial charge in [-0.1, -0.05) is 30.3 Å². The van der Waals surface area contributed by atoms with Gasteiger partial charge in [0.1, 0.15) is 17.2 Å². The van der Waals surface area contributed by atoms with E-state index in [0.717, 1.165) is 23.8 Å². The largest absolute Gasteiger partial charge is 0.339 e. The number of carbonyl (C=O) groups excluding carboxylic acids is 3. The summed E-state index contributed by atoms with van der Waals surface area (Å²) in [6.45, 7) is 1.52. The van der Waals surface area contributed by atoms with Crippen LogP contribution in [0.4, 0.5) is 13.6 Å². The monoisotopic (exact) mass is 498 g/mol. The highest BCUT2D eigenvalue weighted by Crippen LogP contribution is 2.37. The molecule has 1 atom stereocenters. The summed E-state index contributed by atoms with van der Waals surface area (Å²) in [5, 5.41) is 3.04. The molecule has 0 unspecified atom stereocenters. The SMILES string of the molecule is CN(C)CCN1C(=O)N[C@](CCc2ccccc2)(C2CCN(C(=O)c3cc(F)cc(F)c3)CC2)C1=O. The van der Waals surface area contributed by atoms with Crippen molar-refractivity contribution in [2.24, 2.45) is 5.92 Å². The van der Waals surface area contributed by atoms with E-state index < -0.39 is 23.1 Å². The standard InChI is InChI=1S/C27H32F2N4O3/c1-31(2)14-15-33-25(35)27(30-26(33)36,11-8-19-6-4-3-5-7-19)21-9-12-32(13-10-21)24(34)20-16-22(28)18-23(29)17-20/h3-7,16-18,21H,8-15H2,1-2H3,(H,30,36)/t27-/m1/s1. The van der Waals surface area contributed by atoms with Crippen LogP contribution >= 0.6 is 0 Å². The lowest BCUT2D eigenvalue weighted by Crippen LogP contribution is -2.57. The fourth-order valence-electron chi connectivity index (χ4n) is 5.22. The van der Waals surface area contributed by atoms with E-state index in [0.29, 0.717) is 51.9 Å². The molecule has 4 amide bonds. The van der Waals surface area contributed by atoms with Gasteiger partial charge >= 0.3 is 6.03 Å². The summed E-state index contributed by atoms with van der Waals surface area (Å²) in [5.41, 5.74) is -0.0180. The van der Waals surface area contributed by atoms with Gasteiger partial charge in [0, 0.05) is 37.8 Å². The average molecular weight is 499 g/mol. The Morgan fingerprint density at radius 3 is 2.31 bits per heavy atom. The Hall–Kier alpha value is -3.33. The van der Waals surface area contributed by atoms with Crippen LogP contribution in [0.25, 0.3) is 0 Å². The fourth-order valence-corrected chi connectivity index (χ4v) is 5.22. The van der Waals surface area contributed by atoms with Gasteiger partial charge in [-0.15, -0.1) is 0 Å². The summed E-state index contributed by atoms with van der Waals surface area (Å²) >= 11 is 0. The zero-order valence-corrected chi connectivity index (χ0v) is 20.7. The predicted molar refractivity (Wildman–Crippen MR) is 131 cm³/mol. The van der Waals surface area contributed by atoms with Gasteiger partial charge in [-0.25, -0.2) is 13.6 Å².